The zero-order valence-corrected chi connectivity index (χ0v) is 10.5. The molecule has 0 saturated carbocycles. The Morgan fingerprint density at radius 2 is 2.28 bits per heavy atom. The number of hydrogen-bond donors (Lipinski definition) is 2. The van der Waals surface area contributed by atoms with E-state index in [4.69, 9.17) is 5.11 Å². The van der Waals surface area contributed by atoms with E-state index in [2.05, 4.69) is 22.8 Å². The maximum absolute atomic E-state index is 9.64. The number of aliphatic hydroxyl groups is 2. The van der Waals surface area contributed by atoms with Crippen molar-refractivity contribution in [2.75, 3.05) is 19.7 Å². The fourth-order valence-corrected chi connectivity index (χ4v) is 2.32. The number of rotatable bonds is 2. The predicted octanol–water partition coefficient (Wildman–Crippen LogP) is 0.987. The van der Waals surface area contributed by atoms with Crippen molar-refractivity contribution in [3.05, 3.63) is 35.4 Å². The molecule has 1 heterocycles. The minimum Gasteiger partial charge on any atom is -0.392 e. The van der Waals surface area contributed by atoms with Gasteiger partial charge >= 0.3 is 0 Å². The molecule has 0 aromatic heterocycles. The second kappa shape index (κ2) is 6.55. The lowest BCUT2D eigenvalue weighted by Gasteiger charge is -2.29. The van der Waals surface area contributed by atoms with Gasteiger partial charge in [-0.2, -0.15) is 0 Å². The molecule has 0 spiro atoms. The molecular weight excluding hydrogens is 226 g/mol. The van der Waals surface area contributed by atoms with Crippen LogP contribution in [-0.2, 0) is 6.54 Å². The molecule has 0 aliphatic carbocycles. The van der Waals surface area contributed by atoms with E-state index in [0.29, 0.717) is 0 Å². The van der Waals surface area contributed by atoms with E-state index in [1.54, 1.807) is 0 Å². The topological polar surface area (TPSA) is 43.7 Å². The largest absolute Gasteiger partial charge is 0.392 e. The molecule has 18 heavy (non-hydrogen) atoms. The van der Waals surface area contributed by atoms with Crippen LogP contribution in [0.3, 0.4) is 0 Å². The molecule has 3 heteroatoms. The molecule has 1 aromatic rings. The first-order valence-electron chi connectivity index (χ1n) is 6.37. The van der Waals surface area contributed by atoms with Gasteiger partial charge in [0.05, 0.1) is 6.10 Å². The van der Waals surface area contributed by atoms with Crippen molar-refractivity contribution in [1.29, 1.82) is 0 Å². The smallest absolute Gasteiger partial charge is 0.104 e. The highest BCUT2D eigenvalue weighted by molar-refractivity contribution is 5.37. The van der Waals surface area contributed by atoms with Gasteiger partial charge in [-0.1, -0.05) is 24.0 Å². The van der Waals surface area contributed by atoms with E-state index in [9.17, 15) is 5.11 Å². The highest BCUT2D eigenvalue weighted by atomic mass is 16.3. The van der Waals surface area contributed by atoms with Gasteiger partial charge in [0, 0.05) is 18.7 Å². The zero-order valence-electron chi connectivity index (χ0n) is 10.5. The molecular formula is C15H19NO2. The van der Waals surface area contributed by atoms with Crippen LogP contribution < -0.4 is 0 Å². The van der Waals surface area contributed by atoms with Crippen molar-refractivity contribution in [1.82, 2.24) is 4.90 Å². The van der Waals surface area contributed by atoms with Gasteiger partial charge in [0.15, 0.2) is 0 Å². The highest BCUT2D eigenvalue weighted by Gasteiger charge is 2.17. The van der Waals surface area contributed by atoms with Crippen molar-refractivity contribution in [3.8, 4) is 11.8 Å². The monoisotopic (exact) mass is 245 g/mol. The molecule has 1 aliphatic rings. The van der Waals surface area contributed by atoms with E-state index >= 15 is 0 Å². The summed E-state index contributed by atoms with van der Waals surface area (Å²) < 4.78 is 0. The number of piperidine rings is 1. The average molecular weight is 245 g/mol. The Morgan fingerprint density at radius 1 is 1.39 bits per heavy atom. The molecule has 1 aliphatic heterocycles. The van der Waals surface area contributed by atoms with Gasteiger partial charge in [-0.05, 0) is 37.1 Å². The minimum absolute atomic E-state index is 0.109. The summed E-state index contributed by atoms with van der Waals surface area (Å²) in [5.74, 6) is 5.57. The summed E-state index contributed by atoms with van der Waals surface area (Å²) in [4.78, 5) is 2.27. The lowest BCUT2D eigenvalue weighted by atomic mass is 10.1. The number of aliphatic hydroxyl groups excluding tert-OH is 2. The molecule has 96 valence electrons. The van der Waals surface area contributed by atoms with E-state index in [1.165, 1.54) is 5.56 Å². The summed E-state index contributed by atoms with van der Waals surface area (Å²) in [7, 11) is 0. The Bertz CT molecular complexity index is 447. The van der Waals surface area contributed by atoms with Crippen LogP contribution in [0.2, 0.25) is 0 Å². The summed E-state index contributed by atoms with van der Waals surface area (Å²) in [6, 6.07) is 8.04. The van der Waals surface area contributed by atoms with Crippen LogP contribution in [0.1, 0.15) is 24.0 Å². The maximum atomic E-state index is 9.64. The van der Waals surface area contributed by atoms with Crippen LogP contribution in [0.4, 0.5) is 0 Å². The van der Waals surface area contributed by atoms with Crippen molar-refractivity contribution in [2.45, 2.75) is 25.5 Å². The molecule has 2 rings (SSSR count). The fraction of sp³-hybridized carbons (Fsp3) is 0.467. The van der Waals surface area contributed by atoms with Gasteiger partial charge in [-0.25, -0.2) is 0 Å². The highest BCUT2D eigenvalue weighted by Crippen LogP contribution is 2.14. The first kappa shape index (κ1) is 13.1. The second-order valence-electron chi connectivity index (χ2n) is 4.69. The van der Waals surface area contributed by atoms with Crippen LogP contribution in [-0.4, -0.2) is 40.9 Å². The van der Waals surface area contributed by atoms with Gasteiger partial charge in [-0.3, -0.25) is 4.90 Å². The Balaban J connectivity index is 2.00. The lowest BCUT2D eigenvalue weighted by molar-refractivity contribution is 0.0668. The fourth-order valence-electron chi connectivity index (χ4n) is 2.32. The molecule has 2 N–H and O–H groups in total. The van der Waals surface area contributed by atoms with Crippen LogP contribution in [0.15, 0.2) is 24.3 Å². The van der Waals surface area contributed by atoms with Gasteiger partial charge in [0.1, 0.15) is 6.61 Å². The van der Waals surface area contributed by atoms with Gasteiger partial charge in [0.25, 0.3) is 0 Å². The number of nitrogens with zero attached hydrogens (tertiary/aromatic N) is 1. The first-order valence-corrected chi connectivity index (χ1v) is 6.37. The summed E-state index contributed by atoms with van der Waals surface area (Å²) in [6.07, 6.45) is 1.79. The van der Waals surface area contributed by atoms with E-state index in [-0.39, 0.29) is 12.7 Å². The van der Waals surface area contributed by atoms with Crippen LogP contribution in [0, 0.1) is 11.8 Å². The van der Waals surface area contributed by atoms with Gasteiger partial charge < -0.3 is 10.2 Å². The normalized spacial score (nSPS) is 20.2. The summed E-state index contributed by atoms with van der Waals surface area (Å²) in [5, 5.41) is 18.3. The lowest BCUT2D eigenvalue weighted by Crippen LogP contribution is -2.37. The number of β-amino-alcohol motifs (C(OH)–C–C–N with tert-alkyl or cyclic N) is 1. The van der Waals surface area contributed by atoms with Crippen LogP contribution >= 0.6 is 0 Å². The predicted molar refractivity (Wildman–Crippen MR) is 70.9 cm³/mol. The Hall–Kier alpha value is -1.34. The summed E-state index contributed by atoms with van der Waals surface area (Å²) >= 11 is 0. The van der Waals surface area contributed by atoms with E-state index < -0.39 is 0 Å². The quantitative estimate of drug-likeness (QED) is 0.764. The third kappa shape index (κ3) is 3.85. The Labute approximate surface area is 108 Å². The summed E-state index contributed by atoms with van der Waals surface area (Å²) in [5.41, 5.74) is 2.13. The average Bonchev–Trinajstić information content (AvgIpc) is 2.37. The molecule has 3 nitrogen and oxygen atoms in total. The molecule has 1 unspecified atom stereocenters. The number of hydrogen-bond acceptors (Lipinski definition) is 3. The van der Waals surface area contributed by atoms with Crippen LogP contribution in [0.5, 0.6) is 0 Å². The van der Waals surface area contributed by atoms with Gasteiger partial charge in [0.2, 0.25) is 0 Å². The second-order valence-corrected chi connectivity index (χ2v) is 4.69. The zero-order chi connectivity index (χ0) is 12.8. The Kier molecular flexibility index (Phi) is 4.77. The van der Waals surface area contributed by atoms with E-state index in [0.717, 1.165) is 38.0 Å². The molecule has 1 aromatic carbocycles. The number of likely N-dealkylation sites (tertiary alicyclic amines) is 1. The molecule has 1 atom stereocenters. The van der Waals surface area contributed by atoms with Gasteiger partial charge in [-0.15, -0.1) is 0 Å². The third-order valence-corrected chi connectivity index (χ3v) is 3.13. The molecule has 1 fully saturated rings. The van der Waals surface area contributed by atoms with Crippen molar-refractivity contribution < 1.29 is 10.2 Å². The molecule has 0 radical (unpaired) electrons. The molecule has 0 amide bonds. The van der Waals surface area contributed by atoms with Crippen molar-refractivity contribution in [2.24, 2.45) is 0 Å². The Morgan fingerprint density at radius 3 is 3.06 bits per heavy atom. The SMILES string of the molecule is OCC#Cc1cccc(CN2CCCC(O)C2)c1. The molecule has 1 saturated heterocycles. The van der Waals surface area contributed by atoms with Crippen molar-refractivity contribution in [3.63, 3.8) is 0 Å². The maximum Gasteiger partial charge on any atom is 0.104 e. The van der Waals surface area contributed by atoms with Crippen molar-refractivity contribution >= 4 is 0 Å². The molecule has 0 bridgehead atoms. The van der Waals surface area contributed by atoms with E-state index in [1.807, 2.05) is 18.2 Å². The standard InChI is InChI=1S/C15H19NO2/c17-9-3-6-13-4-1-5-14(10-13)11-16-8-2-7-15(18)12-16/h1,4-5,10,15,17-18H,2,7-9,11-12H2. The summed E-state index contributed by atoms with van der Waals surface area (Å²) in [6.45, 7) is 2.55. The third-order valence-electron chi connectivity index (χ3n) is 3.13. The number of benzene rings is 1. The minimum atomic E-state index is -0.184. The first-order chi connectivity index (χ1) is 8.78. The van der Waals surface area contributed by atoms with Crippen LogP contribution in [0.25, 0.3) is 0 Å².